The number of aliphatic hydroxyl groups excluding tert-OH is 1. The van der Waals surface area contributed by atoms with Crippen LogP contribution in [0.5, 0.6) is 0 Å². The van der Waals surface area contributed by atoms with Crippen LogP contribution >= 0.6 is 11.3 Å². The Balaban J connectivity index is 2.50. The van der Waals surface area contributed by atoms with E-state index in [2.05, 4.69) is 0 Å². The molecule has 0 spiro atoms. The van der Waals surface area contributed by atoms with Crippen LogP contribution in [-0.4, -0.2) is 29.8 Å². The van der Waals surface area contributed by atoms with Crippen molar-refractivity contribution in [1.29, 1.82) is 0 Å². The van der Waals surface area contributed by atoms with Crippen molar-refractivity contribution in [3.05, 3.63) is 21.9 Å². The van der Waals surface area contributed by atoms with Crippen molar-refractivity contribution in [2.75, 3.05) is 6.54 Å². The zero-order valence-electron chi connectivity index (χ0n) is 9.04. The summed E-state index contributed by atoms with van der Waals surface area (Å²) in [4.78, 5) is 12.7. The van der Waals surface area contributed by atoms with E-state index in [4.69, 9.17) is 5.11 Å². The average molecular weight is 267 g/mol. The monoisotopic (exact) mass is 267 g/mol. The van der Waals surface area contributed by atoms with Crippen LogP contribution in [0.15, 0.2) is 12.1 Å². The van der Waals surface area contributed by atoms with Crippen LogP contribution in [0.1, 0.15) is 21.5 Å². The number of nitrogens with one attached hydrogen (secondary N) is 1. The number of hydrogen-bond donors (Lipinski definition) is 2. The number of aryl methyl sites for hydroxylation is 1. The van der Waals surface area contributed by atoms with Gasteiger partial charge in [-0.25, -0.2) is 0 Å². The maximum atomic E-state index is 12.0. The van der Waals surface area contributed by atoms with Gasteiger partial charge in [-0.3, -0.25) is 4.79 Å². The second-order valence-corrected chi connectivity index (χ2v) is 4.56. The lowest BCUT2D eigenvalue weighted by Crippen LogP contribution is -2.40. The number of hydrogen-bond acceptors (Lipinski definition) is 3. The van der Waals surface area contributed by atoms with Crippen molar-refractivity contribution < 1.29 is 23.1 Å². The second-order valence-electron chi connectivity index (χ2n) is 3.39. The standard InChI is InChI=1S/C10H12F3NO2S/c1-2-6-3-4-7(17-6)9(16)14-5-8(15)10(11,12)13/h3-4,8,15H,2,5H2,1H3,(H,14,16). The van der Waals surface area contributed by atoms with Gasteiger partial charge in [-0.05, 0) is 18.6 Å². The Morgan fingerprint density at radius 1 is 1.53 bits per heavy atom. The quantitative estimate of drug-likeness (QED) is 0.876. The van der Waals surface area contributed by atoms with Crippen molar-refractivity contribution in [2.45, 2.75) is 25.6 Å². The van der Waals surface area contributed by atoms with Crippen molar-refractivity contribution in [3.8, 4) is 0 Å². The van der Waals surface area contributed by atoms with Gasteiger partial charge in [-0.2, -0.15) is 13.2 Å². The Hall–Kier alpha value is -1.08. The van der Waals surface area contributed by atoms with Crippen LogP contribution in [0.3, 0.4) is 0 Å². The Kier molecular flexibility index (Phi) is 4.53. The van der Waals surface area contributed by atoms with Crippen molar-refractivity contribution in [3.63, 3.8) is 0 Å². The molecule has 0 fully saturated rings. The summed E-state index contributed by atoms with van der Waals surface area (Å²) in [5.41, 5.74) is 0. The van der Waals surface area contributed by atoms with E-state index in [-0.39, 0.29) is 0 Å². The van der Waals surface area contributed by atoms with Crippen LogP contribution < -0.4 is 5.32 Å². The van der Waals surface area contributed by atoms with Gasteiger partial charge in [-0.15, -0.1) is 11.3 Å². The van der Waals surface area contributed by atoms with Crippen molar-refractivity contribution >= 4 is 17.2 Å². The lowest BCUT2D eigenvalue weighted by Gasteiger charge is -2.14. The third kappa shape index (κ3) is 4.01. The van der Waals surface area contributed by atoms with Gasteiger partial charge in [0.1, 0.15) is 0 Å². The molecule has 1 heterocycles. The van der Waals surface area contributed by atoms with E-state index < -0.39 is 24.7 Å². The number of aliphatic hydroxyl groups is 1. The van der Waals surface area contributed by atoms with E-state index >= 15 is 0 Å². The fraction of sp³-hybridized carbons (Fsp3) is 0.500. The number of amides is 1. The fourth-order valence-corrected chi connectivity index (χ4v) is 1.95. The molecule has 2 N–H and O–H groups in total. The van der Waals surface area contributed by atoms with Gasteiger partial charge in [0.25, 0.3) is 5.91 Å². The largest absolute Gasteiger partial charge is 0.416 e. The molecule has 0 aliphatic heterocycles. The van der Waals surface area contributed by atoms with Gasteiger partial charge in [-0.1, -0.05) is 6.92 Å². The number of rotatable bonds is 4. The third-order valence-corrected chi connectivity index (χ3v) is 3.30. The van der Waals surface area contributed by atoms with E-state index in [0.717, 1.165) is 11.3 Å². The number of thiophene rings is 1. The maximum absolute atomic E-state index is 12.0. The molecule has 1 aromatic heterocycles. The molecule has 1 aromatic rings. The Morgan fingerprint density at radius 3 is 2.65 bits per heavy atom. The molecule has 17 heavy (non-hydrogen) atoms. The third-order valence-electron chi connectivity index (χ3n) is 2.07. The van der Waals surface area contributed by atoms with E-state index in [0.29, 0.717) is 4.88 Å². The Bertz CT molecular complexity index is 389. The van der Waals surface area contributed by atoms with Gasteiger partial charge >= 0.3 is 6.18 Å². The molecule has 96 valence electrons. The summed E-state index contributed by atoms with van der Waals surface area (Å²) in [7, 11) is 0. The molecule has 0 radical (unpaired) electrons. The van der Waals surface area contributed by atoms with Crippen LogP contribution in [0, 0.1) is 0 Å². The van der Waals surface area contributed by atoms with Crippen LogP contribution in [0.4, 0.5) is 13.2 Å². The van der Waals surface area contributed by atoms with Gasteiger partial charge in [0.15, 0.2) is 6.10 Å². The molecule has 1 amide bonds. The summed E-state index contributed by atoms with van der Waals surface area (Å²) in [5, 5.41) is 10.7. The fourth-order valence-electron chi connectivity index (χ4n) is 1.08. The molecule has 3 nitrogen and oxygen atoms in total. The van der Waals surface area contributed by atoms with E-state index in [1.807, 2.05) is 12.2 Å². The molecule has 0 saturated carbocycles. The smallest absolute Gasteiger partial charge is 0.382 e. The first-order valence-electron chi connectivity index (χ1n) is 4.96. The first kappa shape index (κ1) is 14.0. The first-order chi connectivity index (χ1) is 7.84. The first-order valence-corrected chi connectivity index (χ1v) is 5.78. The Labute approximate surface area is 100 Å². The molecule has 0 aliphatic rings. The Morgan fingerprint density at radius 2 is 2.18 bits per heavy atom. The number of carbonyl (C=O) groups excluding carboxylic acids is 1. The van der Waals surface area contributed by atoms with Gasteiger partial charge < -0.3 is 10.4 Å². The second kappa shape index (κ2) is 5.50. The minimum Gasteiger partial charge on any atom is -0.382 e. The lowest BCUT2D eigenvalue weighted by molar-refractivity contribution is -0.201. The zero-order chi connectivity index (χ0) is 13.1. The highest BCUT2D eigenvalue weighted by Gasteiger charge is 2.38. The maximum Gasteiger partial charge on any atom is 0.416 e. The van der Waals surface area contributed by atoms with Gasteiger partial charge in [0, 0.05) is 4.88 Å². The lowest BCUT2D eigenvalue weighted by atomic mass is 10.3. The van der Waals surface area contributed by atoms with Crippen LogP contribution in [-0.2, 0) is 6.42 Å². The molecule has 0 bridgehead atoms. The predicted octanol–water partition coefficient (Wildman–Crippen LogP) is 1.96. The highest BCUT2D eigenvalue weighted by Crippen LogP contribution is 2.20. The highest BCUT2D eigenvalue weighted by atomic mass is 32.1. The molecule has 0 aromatic carbocycles. The summed E-state index contributed by atoms with van der Waals surface area (Å²) in [6, 6.07) is 3.30. The van der Waals surface area contributed by atoms with E-state index in [1.54, 1.807) is 12.1 Å². The number of alkyl halides is 3. The van der Waals surface area contributed by atoms with Crippen LogP contribution in [0.2, 0.25) is 0 Å². The zero-order valence-corrected chi connectivity index (χ0v) is 9.86. The van der Waals surface area contributed by atoms with Crippen molar-refractivity contribution in [2.24, 2.45) is 0 Å². The number of carbonyl (C=O) groups is 1. The summed E-state index contributed by atoms with van der Waals surface area (Å²) in [6.07, 6.45) is -6.47. The van der Waals surface area contributed by atoms with Gasteiger partial charge in [0.2, 0.25) is 0 Å². The minimum absolute atomic E-state index is 0.344. The molecule has 0 saturated heterocycles. The SMILES string of the molecule is CCc1ccc(C(=O)NCC(O)C(F)(F)F)s1. The molecule has 1 atom stereocenters. The number of halogens is 3. The highest BCUT2D eigenvalue weighted by molar-refractivity contribution is 7.14. The predicted molar refractivity (Wildman–Crippen MR) is 58.1 cm³/mol. The molecular formula is C10H12F3NO2S. The summed E-state index contributed by atoms with van der Waals surface area (Å²) >= 11 is 1.23. The molecule has 1 rings (SSSR count). The van der Waals surface area contributed by atoms with Crippen molar-refractivity contribution in [1.82, 2.24) is 5.32 Å². The summed E-state index contributed by atoms with van der Waals surface area (Å²) in [6.45, 7) is 1.09. The van der Waals surface area contributed by atoms with Gasteiger partial charge in [0.05, 0.1) is 11.4 Å². The summed E-state index contributed by atoms with van der Waals surface area (Å²) in [5.74, 6) is -0.599. The van der Waals surface area contributed by atoms with E-state index in [9.17, 15) is 18.0 Å². The summed E-state index contributed by atoms with van der Waals surface area (Å²) < 4.78 is 35.9. The normalized spacial score (nSPS) is 13.5. The molecule has 7 heteroatoms. The van der Waals surface area contributed by atoms with Crippen LogP contribution in [0.25, 0.3) is 0 Å². The molecule has 1 unspecified atom stereocenters. The molecular weight excluding hydrogens is 255 g/mol. The minimum atomic E-state index is -4.71. The average Bonchev–Trinajstić information content (AvgIpc) is 2.72. The molecule has 0 aliphatic carbocycles. The topological polar surface area (TPSA) is 49.3 Å². The van der Waals surface area contributed by atoms with E-state index in [1.165, 1.54) is 11.3 Å².